The molecular formula is C15H13ClFNO2. The third kappa shape index (κ3) is 3.27. The zero-order valence-corrected chi connectivity index (χ0v) is 11.5. The molecule has 0 spiro atoms. The smallest absolute Gasteiger partial charge is 0.228 e. The molecule has 20 heavy (non-hydrogen) atoms. The van der Waals surface area contributed by atoms with Crippen LogP contribution in [0.4, 0.5) is 10.1 Å². The van der Waals surface area contributed by atoms with Crippen LogP contribution in [0, 0.1) is 12.7 Å². The van der Waals surface area contributed by atoms with Gasteiger partial charge in [0.05, 0.1) is 6.42 Å². The zero-order valence-electron chi connectivity index (χ0n) is 10.8. The van der Waals surface area contributed by atoms with Crippen LogP contribution in [0.2, 0.25) is 5.02 Å². The summed E-state index contributed by atoms with van der Waals surface area (Å²) in [6.07, 6.45) is -0.167. The van der Waals surface area contributed by atoms with Crippen molar-refractivity contribution in [1.29, 1.82) is 0 Å². The highest BCUT2D eigenvalue weighted by atomic mass is 35.5. The average molecular weight is 294 g/mol. The molecule has 0 aromatic heterocycles. The van der Waals surface area contributed by atoms with E-state index in [0.29, 0.717) is 11.3 Å². The number of halogens is 2. The zero-order chi connectivity index (χ0) is 14.7. The Balaban J connectivity index is 2.11. The molecule has 0 aliphatic carbocycles. The number of nitrogens with one attached hydrogen (secondary N) is 1. The van der Waals surface area contributed by atoms with Crippen molar-refractivity contribution in [1.82, 2.24) is 0 Å². The van der Waals surface area contributed by atoms with Gasteiger partial charge in [0.2, 0.25) is 5.91 Å². The Labute approximate surface area is 121 Å². The number of hydrogen-bond donors (Lipinski definition) is 2. The van der Waals surface area contributed by atoms with E-state index < -0.39 is 11.7 Å². The molecule has 0 heterocycles. The first-order chi connectivity index (χ1) is 9.47. The molecule has 0 bridgehead atoms. The summed E-state index contributed by atoms with van der Waals surface area (Å²) >= 11 is 5.86. The average Bonchev–Trinajstić information content (AvgIpc) is 2.38. The third-order valence-corrected chi connectivity index (χ3v) is 3.25. The van der Waals surface area contributed by atoms with Crippen molar-refractivity contribution < 1.29 is 14.3 Å². The molecule has 1 amide bonds. The summed E-state index contributed by atoms with van der Waals surface area (Å²) in [5.74, 6) is -0.827. The van der Waals surface area contributed by atoms with Crippen LogP contribution >= 0.6 is 11.6 Å². The van der Waals surface area contributed by atoms with Crippen LogP contribution in [-0.2, 0) is 11.2 Å². The first-order valence-corrected chi connectivity index (χ1v) is 6.37. The van der Waals surface area contributed by atoms with Gasteiger partial charge in [0.15, 0.2) is 0 Å². The first kappa shape index (κ1) is 14.3. The quantitative estimate of drug-likeness (QED) is 0.907. The lowest BCUT2D eigenvalue weighted by Crippen LogP contribution is -2.15. The van der Waals surface area contributed by atoms with E-state index in [9.17, 15) is 14.3 Å². The van der Waals surface area contributed by atoms with Crippen LogP contribution in [0.15, 0.2) is 36.4 Å². The minimum atomic E-state index is -0.514. The van der Waals surface area contributed by atoms with Gasteiger partial charge in [-0.1, -0.05) is 23.7 Å². The fraction of sp³-hybridized carbons (Fsp3) is 0.133. The lowest BCUT2D eigenvalue weighted by Gasteiger charge is -2.08. The second-order valence-electron chi connectivity index (χ2n) is 4.43. The maximum atomic E-state index is 13.6. The Kier molecular flexibility index (Phi) is 4.25. The molecule has 2 rings (SSSR count). The van der Waals surface area contributed by atoms with E-state index in [1.54, 1.807) is 19.1 Å². The summed E-state index contributed by atoms with van der Waals surface area (Å²) < 4.78 is 13.6. The van der Waals surface area contributed by atoms with E-state index in [1.807, 2.05) is 0 Å². The number of hydrogen-bond acceptors (Lipinski definition) is 2. The van der Waals surface area contributed by atoms with Gasteiger partial charge in [-0.3, -0.25) is 4.79 Å². The number of carbonyl (C=O) groups is 1. The largest absolute Gasteiger partial charge is 0.508 e. The lowest BCUT2D eigenvalue weighted by atomic mass is 10.1. The van der Waals surface area contributed by atoms with Gasteiger partial charge in [-0.2, -0.15) is 0 Å². The minimum absolute atomic E-state index is 0.0896. The molecule has 0 radical (unpaired) electrons. The van der Waals surface area contributed by atoms with Crippen molar-refractivity contribution in [2.24, 2.45) is 0 Å². The number of amides is 1. The fourth-order valence-corrected chi connectivity index (χ4v) is 1.98. The Bertz CT molecular complexity index is 638. The number of phenolic OH excluding ortho intramolecular Hbond substituents is 1. The molecule has 2 aromatic rings. The van der Waals surface area contributed by atoms with Gasteiger partial charge in [-0.15, -0.1) is 0 Å². The third-order valence-electron chi connectivity index (χ3n) is 2.89. The summed E-state index contributed by atoms with van der Waals surface area (Å²) in [7, 11) is 0. The fourth-order valence-electron chi connectivity index (χ4n) is 1.75. The molecule has 0 aliphatic rings. The van der Waals surface area contributed by atoms with Crippen molar-refractivity contribution in [2.75, 3.05) is 5.32 Å². The topological polar surface area (TPSA) is 49.3 Å². The van der Waals surface area contributed by atoms with E-state index in [-0.39, 0.29) is 22.8 Å². The highest BCUT2D eigenvalue weighted by Gasteiger charge is 2.12. The Hall–Kier alpha value is -2.07. The molecule has 2 N–H and O–H groups in total. The summed E-state index contributed by atoms with van der Waals surface area (Å²) in [5.41, 5.74) is 1.31. The van der Waals surface area contributed by atoms with Crippen LogP contribution in [0.25, 0.3) is 0 Å². The summed E-state index contributed by atoms with van der Waals surface area (Å²) in [6.45, 7) is 1.75. The van der Waals surface area contributed by atoms with Gasteiger partial charge in [-0.05, 0) is 30.7 Å². The summed E-state index contributed by atoms with van der Waals surface area (Å²) in [4.78, 5) is 11.9. The van der Waals surface area contributed by atoms with Gasteiger partial charge in [0, 0.05) is 22.3 Å². The van der Waals surface area contributed by atoms with Gasteiger partial charge < -0.3 is 10.4 Å². The number of carbonyl (C=O) groups excluding carboxylic acids is 1. The van der Waals surface area contributed by atoms with E-state index in [1.165, 1.54) is 24.3 Å². The van der Waals surface area contributed by atoms with Crippen LogP contribution in [0.1, 0.15) is 11.1 Å². The van der Waals surface area contributed by atoms with Crippen molar-refractivity contribution in [3.8, 4) is 5.75 Å². The number of aromatic hydroxyl groups is 1. The highest BCUT2D eigenvalue weighted by Crippen LogP contribution is 2.22. The monoisotopic (exact) mass is 293 g/mol. The normalized spacial score (nSPS) is 10.3. The second-order valence-corrected chi connectivity index (χ2v) is 4.83. The number of anilines is 1. The predicted octanol–water partition coefficient (Wildman–Crippen LogP) is 3.67. The molecule has 0 unspecified atom stereocenters. The molecule has 5 heteroatoms. The molecule has 2 aromatic carbocycles. The molecule has 0 aliphatic heterocycles. The molecule has 104 valence electrons. The Morgan fingerprint density at radius 1 is 1.35 bits per heavy atom. The van der Waals surface area contributed by atoms with Crippen LogP contribution in [-0.4, -0.2) is 11.0 Å². The maximum Gasteiger partial charge on any atom is 0.228 e. The van der Waals surface area contributed by atoms with E-state index in [4.69, 9.17) is 11.6 Å². The van der Waals surface area contributed by atoms with Crippen molar-refractivity contribution >= 4 is 23.2 Å². The SMILES string of the molecule is Cc1ccc(NC(=O)Cc2c(F)cccc2Cl)cc1O. The van der Waals surface area contributed by atoms with Gasteiger partial charge in [0.1, 0.15) is 11.6 Å². The Morgan fingerprint density at radius 3 is 2.75 bits per heavy atom. The minimum Gasteiger partial charge on any atom is -0.508 e. The van der Waals surface area contributed by atoms with Gasteiger partial charge >= 0.3 is 0 Å². The lowest BCUT2D eigenvalue weighted by molar-refractivity contribution is -0.115. The summed E-state index contributed by atoms with van der Waals surface area (Å²) in [5, 5.41) is 12.4. The molecule has 0 atom stereocenters. The van der Waals surface area contributed by atoms with E-state index in [0.717, 1.165) is 0 Å². The van der Waals surface area contributed by atoms with Crippen molar-refractivity contribution in [3.63, 3.8) is 0 Å². The molecular weight excluding hydrogens is 281 g/mol. The number of aryl methyl sites for hydroxylation is 1. The second kappa shape index (κ2) is 5.92. The molecule has 0 saturated heterocycles. The van der Waals surface area contributed by atoms with Gasteiger partial charge in [0.25, 0.3) is 0 Å². The summed E-state index contributed by atoms with van der Waals surface area (Å²) in [6, 6.07) is 9.06. The number of benzene rings is 2. The van der Waals surface area contributed by atoms with Crippen LogP contribution in [0.5, 0.6) is 5.75 Å². The Morgan fingerprint density at radius 2 is 2.10 bits per heavy atom. The molecule has 0 fully saturated rings. The molecule has 0 saturated carbocycles. The van der Waals surface area contributed by atoms with Crippen molar-refractivity contribution in [2.45, 2.75) is 13.3 Å². The van der Waals surface area contributed by atoms with Crippen LogP contribution < -0.4 is 5.32 Å². The number of rotatable bonds is 3. The molecule has 3 nitrogen and oxygen atoms in total. The van der Waals surface area contributed by atoms with E-state index in [2.05, 4.69) is 5.32 Å². The predicted molar refractivity (Wildman–Crippen MR) is 76.6 cm³/mol. The van der Waals surface area contributed by atoms with Gasteiger partial charge in [-0.25, -0.2) is 4.39 Å². The van der Waals surface area contributed by atoms with Crippen molar-refractivity contribution in [3.05, 3.63) is 58.4 Å². The maximum absolute atomic E-state index is 13.6. The highest BCUT2D eigenvalue weighted by molar-refractivity contribution is 6.31. The number of phenols is 1. The first-order valence-electron chi connectivity index (χ1n) is 5.99. The van der Waals surface area contributed by atoms with E-state index >= 15 is 0 Å². The van der Waals surface area contributed by atoms with Crippen LogP contribution in [0.3, 0.4) is 0 Å². The standard InChI is InChI=1S/C15H13ClFNO2/c1-9-5-6-10(7-14(9)19)18-15(20)8-11-12(16)3-2-4-13(11)17/h2-7,19H,8H2,1H3,(H,18,20).